The summed E-state index contributed by atoms with van der Waals surface area (Å²) in [6, 6.07) is 4.94. The minimum absolute atomic E-state index is 0.0679. The summed E-state index contributed by atoms with van der Waals surface area (Å²) < 4.78 is 45.6. The zero-order chi connectivity index (χ0) is 31.2. The van der Waals surface area contributed by atoms with Gasteiger partial charge in [-0.15, -0.1) is 0 Å². The quantitative estimate of drug-likeness (QED) is 0.254. The lowest BCUT2D eigenvalue weighted by atomic mass is 10.00. The van der Waals surface area contributed by atoms with E-state index in [0.717, 1.165) is 25.2 Å². The Labute approximate surface area is 258 Å². The molecule has 14 heteroatoms. The van der Waals surface area contributed by atoms with Gasteiger partial charge in [0.2, 0.25) is 5.91 Å². The summed E-state index contributed by atoms with van der Waals surface area (Å²) in [6.45, 7) is 7.55. The van der Waals surface area contributed by atoms with Crippen LogP contribution in [-0.4, -0.2) is 96.8 Å². The number of amides is 2. The van der Waals surface area contributed by atoms with Crippen LogP contribution in [0.2, 0.25) is 5.02 Å². The number of aromatic nitrogens is 2. The fourth-order valence-electron chi connectivity index (χ4n) is 5.22. The molecule has 0 saturated carbocycles. The van der Waals surface area contributed by atoms with E-state index in [1.54, 1.807) is 12.1 Å². The number of methoxy groups -OCH3 is 1. The van der Waals surface area contributed by atoms with Crippen LogP contribution in [-0.2, 0) is 14.3 Å². The largest absolute Gasteiger partial charge is 0.493 e. The number of morpholine rings is 1. The van der Waals surface area contributed by atoms with E-state index in [1.165, 1.54) is 24.4 Å². The Kier molecular flexibility index (Phi) is 10.2. The lowest BCUT2D eigenvalue weighted by molar-refractivity contribution is -0.144. The fraction of sp³-hybridized carbons (Fsp3) is 0.400. The molecule has 0 unspecified atom stereocenters. The van der Waals surface area contributed by atoms with Gasteiger partial charge < -0.3 is 24.8 Å². The molecule has 2 saturated heterocycles. The molecule has 5 rings (SSSR count). The number of hydrogen-bond donors (Lipinski definition) is 2. The molecule has 2 fully saturated rings. The Morgan fingerprint density at radius 3 is 2.80 bits per heavy atom. The van der Waals surface area contributed by atoms with Crippen LogP contribution in [0.25, 0.3) is 10.9 Å². The van der Waals surface area contributed by atoms with E-state index in [-0.39, 0.29) is 24.0 Å². The maximum absolute atomic E-state index is 14.6. The molecular formula is C30H33ClF2N6O5. The van der Waals surface area contributed by atoms with Crippen molar-refractivity contribution < 1.29 is 32.6 Å². The molecule has 3 heterocycles. The standard InChI is InChI=1S/C30H33ClF2N6O5/c1-3-26(40)39(9-8-38-10-12-43-13-11-38)30(41)23-14-18(6-7-34-23)44-25-15-19-22(16-24(25)42-2)35-17-36-29(19)37-21-5-4-20(32)27(31)28(21)33/h3-5,15-18,23,34H,1,6-14H2,2H3,(H,35,36,37)/t18-,23-/m0/s1. The Hall–Kier alpha value is -3.91. The molecule has 0 aliphatic carbocycles. The highest BCUT2D eigenvalue weighted by atomic mass is 35.5. The third-order valence-corrected chi connectivity index (χ3v) is 7.95. The summed E-state index contributed by atoms with van der Waals surface area (Å²) in [7, 11) is 1.49. The molecule has 2 N–H and O–H groups in total. The second kappa shape index (κ2) is 14.2. The van der Waals surface area contributed by atoms with E-state index in [9.17, 15) is 18.4 Å². The van der Waals surface area contributed by atoms with Crippen LogP contribution in [0.15, 0.2) is 43.2 Å². The van der Waals surface area contributed by atoms with E-state index in [4.69, 9.17) is 25.8 Å². The van der Waals surface area contributed by atoms with Crippen LogP contribution in [0.5, 0.6) is 11.5 Å². The van der Waals surface area contributed by atoms with E-state index in [0.29, 0.717) is 61.5 Å². The number of benzene rings is 2. The number of halogens is 3. The highest BCUT2D eigenvalue weighted by Gasteiger charge is 2.34. The van der Waals surface area contributed by atoms with Gasteiger partial charge in [-0.25, -0.2) is 18.7 Å². The van der Waals surface area contributed by atoms with Crippen molar-refractivity contribution in [2.45, 2.75) is 25.0 Å². The Balaban J connectivity index is 1.34. The van der Waals surface area contributed by atoms with Gasteiger partial charge >= 0.3 is 0 Å². The smallest absolute Gasteiger partial charge is 0.252 e. The number of hydrogen-bond acceptors (Lipinski definition) is 10. The number of nitrogens with zero attached hydrogens (tertiary/aromatic N) is 4. The van der Waals surface area contributed by atoms with Crippen molar-refractivity contribution in [2.75, 3.05) is 58.4 Å². The minimum Gasteiger partial charge on any atom is -0.493 e. The van der Waals surface area contributed by atoms with Crippen LogP contribution in [0, 0.1) is 11.6 Å². The second-order valence-electron chi connectivity index (χ2n) is 10.3. The highest BCUT2D eigenvalue weighted by Crippen LogP contribution is 2.37. The van der Waals surface area contributed by atoms with Crippen molar-refractivity contribution >= 4 is 45.8 Å². The Morgan fingerprint density at radius 1 is 1.25 bits per heavy atom. The van der Waals surface area contributed by atoms with Gasteiger partial charge in [0, 0.05) is 44.1 Å². The van der Waals surface area contributed by atoms with Crippen molar-refractivity contribution in [3.8, 4) is 11.5 Å². The molecule has 2 aliphatic heterocycles. The van der Waals surface area contributed by atoms with Gasteiger partial charge in [-0.3, -0.25) is 19.4 Å². The second-order valence-corrected chi connectivity index (χ2v) is 10.7. The van der Waals surface area contributed by atoms with Gasteiger partial charge in [-0.2, -0.15) is 0 Å². The van der Waals surface area contributed by atoms with Crippen LogP contribution in [0.3, 0.4) is 0 Å². The SMILES string of the molecule is C=CC(=O)N(CCN1CCOCC1)C(=O)[C@@H]1C[C@@H](Oc2cc3c(Nc4ccc(F)c(Cl)c4F)ncnc3cc2OC)CCN1. The Bertz CT molecular complexity index is 1540. The maximum Gasteiger partial charge on any atom is 0.252 e. The molecule has 2 atom stereocenters. The predicted octanol–water partition coefficient (Wildman–Crippen LogP) is 3.69. The van der Waals surface area contributed by atoms with Crippen molar-refractivity contribution in [1.29, 1.82) is 0 Å². The van der Waals surface area contributed by atoms with Gasteiger partial charge in [0.25, 0.3) is 5.91 Å². The van der Waals surface area contributed by atoms with Crippen molar-refractivity contribution in [1.82, 2.24) is 25.1 Å². The van der Waals surface area contributed by atoms with Gasteiger partial charge in [0.1, 0.15) is 29.1 Å². The van der Waals surface area contributed by atoms with Crippen LogP contribution in [0.4, 0.5) is 20.3 Å². The number of ether oxygens (including phenoxy) is 3. The molecule has 0 spiro atoms. The first-order valence-corrected chi connectivity index (χ1v) is 14.6. The summed E-state index contributed by atoms with van der Waals surface area (Å²) in [5.74, 6) is -1.64. The summed E-state index contributed by atoms with van der Waals surface area (Å²) >= 11 is 5.75. The molecule has 1 aromatic heterocycles. The normalized spacial score (nSPS) is 18.9. The number of imide groups is 1. The van der Waals surface area contributed by atoms with E-state index in [2.05, 4.69) is 32.1 Å². The molecule has 0 bridgehead atoms. The monoisotopic (exact) mass is 630 g/mol. The molecule has 2 amide bonds. The first-order valence-electron chi connectivity index (χ1n) is 14.2. The topological polar surface area (TPSA) is 118 Å². The molecule has 2 aliphatic rings. The van der Waals surface area contributed by atoms with Crippen molar-refractivity contribution in [2.24, 2.45) is 0 Å². The summed E-state index contributed by atoms with van der Waals surface area (Å²) in [6.07, 6.45) is 2.93. The number of piperidine rings is 1. The molecular weight excluding hydrogens is 598 g/mol. The zero-order valence-electron chi connectivity index (χ0n) is 24.2. The van der Waals surface area contributed by atoms with Gasteiger partial charge in [-0.05, 0) is 37.2 Å². The lowest BCUT2D eigenvalue weighted by Crippen LogP contribution is -2.55. The van der Waals surface area contributed by atoms with E-state index >= 15 is 0 Å². The van der Waals surface area contributed by atoms with Crippen LogP contribution in [0.1, 0.15) is 12.8 Å². The van der Waals surface area contributed by atoms with Gasteiger partial charge in [0.05, 0.1) is 37.6 Å². The number of anilines is 2. The first-order chi connectivity index (χ1) is 21.3. The van der Waals surface area contributed by atoms with Crippen molar-refractivity contribution in [3.63, 3.8) is 0 Å². The van der Waals surface area contributed by atoms with Crippen LogP contribution >= 0.6 is 11.6 Å². The summed E-state index contributed by atoms with van der Waals surface area (Å²) in [4.78, 5) is 38.1. The van der Waals surface area contributed by atoms with Gasteiger partial charge in [0.15, 0.2) is 17.3 Å². The van der Waals surface area contributed by atoms with Crippen LogP contribution < -0.4 is 20.1 Å². The first kappa shape index (κ1) is 31.5. The number of carbonyl (C=O) groups excluding carboxylic acids is 2. The maximum atomic E-state index is 14.6. The van der Waals surface area contributed by atoms with E-state index in [1.807, 2.05) is 0 Å². The molecule has 2 aromatic carbocycles. The molecule has 234 valence electrons. The average molecular weight is 631 g/mol. The molecule has 0 radical (unpaired) electrons. The molecule has 44 heavy (non-hydrogen) atoms. The highest BCUT2D eigenvalue weighted by molar-refractivity contribution is 6.31. The predicted molar refractivity (Wildman–Crippen MR) is 160 cm³/mol. The Morgan fingerprint density at radius 2 is 2.05 bits per heavy atom. The van der Waals surface area contributed by atoms with Crippen molar-refractivity contribution in [3.05, 3.63) is 59.9 Å². The minimum atomic E-state index is -0.956. The number of nitrogens with one attached hydrogen (secondary N) is 2. The molecule has 3 aromatic rings. The van der Waals surface area contributed by atoms with E-state index < -0.39 is 34.7 Å². The average Bonchev–Trinajstić information content (AvgIpc) is 3.05. The fourth-order valence-corrected chi connectivity index (χ4v) is 5.38. The third-order valence-electron chi connectivity index (χ3n) is 7.61. The number of fused-ring (bicyclic) bond motifs is 1. The van der Waals surface area contributed by atoms with Gasteiger partial charge in [-0.1, -0.05) is 18.2 Å². The number of rotatable bonds is 10. The summed E-state index contributed by atoms with van der Waals surface area (Å²) in [5, 5.41) is 5.91. The lowest BCUT2D eigenvalue weighted by Gasteiger charge is -2.34. The third kappa shape index (κ3) is 7.07. The molecule has 11 nitrogen and oxygen atoms in total. The zero-order valence-corrected chi connectivity index (χ0v) is 24.9. The number of carbonyl (C=O) groups is 2. The summed E-state index contributed by atoms with van der Waals surface area (Å²) in [5.41, 5.74) is 0.416.